The quantitative estimate of drug-likeness (QED) is 0.328. The maximum Gasteiger partial charge on any atom is 0.410 e. The van der Waals surface area contributed by atoms with Crippen molar-refractivity contribution < 1.29 is 13.9 Å². The standard InChI is InChI=1S/C23H29ClFN5O2S/c1-6-33-21-27-17-15-13(26-19(24)16(17)25)9-11(2)18-14-8-7-12(10-29(18)20(15)28-21)30(14)22(31)32-23(3,4)5/h11-12,14,18H,6-10H2,1-5H3/t11-,12+,14-,18+/m0/s1. The second kappa shape index (κ2) is 8.12. The first kappa shape index (κ1) is 22.9. The number of thioether (sulfide) groups is 1. The molecule has 2 saturated heterocycles. The Bertz CT molecular complexity index is 1130. The monoisotopic (exact) mass is 493 g/mol. The molecule has 4 atom stereocenters. The Hall–Kier alpha value is -1.87. The van der Waals surface area contributed by atoms with Crippen molar-refractivity contribution in [2.75, 3.05) is 17.2 Å². The molecule has 5 rings (SSSR count). The lowest BCUT2D eigenvalue weighted by molar-refractivity contribution is 0.00491. The van der Waals surface area contributed by atoms with Gasteiger partial charge >= 0.3 is 6.09 Å². The van der Waals surface area contributed by atoms with Gasteiger partial charge in [-0.1, -0.05) is 37.2 Å². The van der Waals surface area contributed by atoms with Crippen LogP contribution in [0.2, 0.25) is 5.15 Å². The first-order chi connectivity index (χ1) is 15.6. The van der Waals surface area contributed by atoms with Crippen LogP contribution in [0.3, 0.4) is 0 Å². The summed E-state index contributed by atoms with van der Waals surface area (Å²) >= 11 is 7.66. The molecule has 2 aromatic rings. The molecular formula is C23H29ClFN5O2S. The van der Waals surface area contributed by atoms with E-state index in [1.165, 1.54) is 11.8 Å². The highest BCUT2D eigenvalue weighted by molar-refractivity contribution is 7.99. The van der Waals surface area contributed by atoms with Crippen molar-refractivity contribution in [2.24, 2.45) is 5.92 Å². The predicted molar refractivity (Wildman–Crippen MR) is 128 cm³/mol. The molecule has 10 heteroatoms. The number of anilines is 1. The third-order valence-corrected chi connectivity index (χ3v) is 7.72. The van der Waals surface area contributed by atoms with Crippen LogP contribution in [0.15, 0.2) is 5.16 Å². The first-order valence-corrected chi connectivity index (χ1v) is 12.9. The number of nitrogens with zero attached hydrogens (tertiary/aromatic N) is 5. The van der Waals surface area contributed by atoms with Crippen molar-refractivity contribution in [2.45, 2.75) is 82.8 Å². The van der Waals surface area contributed by atoms with Crippen LogP contribution in [-0.4, -0.2) is 62.0 Å². The number of hydrogen-bond donors (Lipinski definition) is 0. The van der Waals surface area contributed by atoms with Crippen molar-refractivity contribution in [1.82, 2.24) is 19.9 Å². The largest absolute Gasteiger partial charge is 0.444 e. The first-order valence-electron chi connectivity index (χ1n) is 11.6. The Kier molecular flexibility index (Phi) is 5.63. The average Bonchev–Trinajstić information content (AvgIpc) is 2.97. The van der Waals surface area contributed by atoms with Crippen LogP contribution >= 0.6 is 23.4 Å². The third kappa shape index (κ3) is 3.81. The van der Waals surface area contributed by atoms with Gasteiger partial charge in [-0.05, 0) is 51.7 Å². The van der Waals surface area contributed by atoms with Gasteiger partial charge in [-0.2, -0.15) is 0 Å². The van der Waals surface area contributed by atoms with Gasteiger partial charge in [0, 0.05) is 6.54 Å². The lowest BCUT2D eigenvalue weighted by Crippen LogP contribution is -2.63. The van der Waals surface area contributed by atoms with Gasteiger partial charge in [-0.3, -0.25) is 4.90 Å². The fourth-order valence-corrected chi connectivity index (χ4v) is 6.40. The van der Waals surface area contributed by atoms with Crippen LogP contribution in [0.4, 0.5) is 15.0 Å². The van der Waals surface area contributed by atoms with Crippen LogP contribution in [-0.2, 0) is 11.2 Å². The number of piperazine rings is 1. The van der Waals surface area contributed by atoms with E-state index in [1.54, 1.807) is 0 Å². The number of carbonyl (C=O) groups excluding carboxylic acids is 1. The normalized spacial score (nSPS) is 26.4. The minimum atomic E-state index is -0.599. The zero-order chi connectivity index (χ0) is 23.7. The molecule has 0 aliphatic carbocycles. The number of rotatable bonds is 2. The molecule has 33 heavy (non-hydrogen) atoms. The summed E-state index contributed by atoms with van der Waals surface area (Å²) in [6.07, 6.45) is 2.16. The summed E-state index contributed by atoms with van der Waals surface area (Å²) in [4.78, 5) is 31.2. The molecule has 2 bridgehead atoms. The molecule has 7 nitrogen and oxygen atoms in total. The summed E-state index contributed by atoms with van der Waals surface area (Å²) in [6, 6.07) is 0.0349. The highest BCUT2D eigenvalue weighted by Crippen LogP contribution is 2.45. The van der Waals surface area contributed by atoms with E-state index in [2.05, 4.69) is 21.8 Å². The van der Waals surface area contributed by atoms with E-state index in [4.69, 9.17) is 21.3 Å². The van der Waals surface area contributed by atoms with E-state index in [1.807, 2.05) is 32.6 Å². The summed E-state index contributed by atoms with van der Waals surface area (Å²) in [6.45, 7) is 10.5. The van der Waals surface area contributed by atoms with E-state index in [-0.39, 0.29) is 40.8 Å². The Morgan fingerprint density at radius 2 is 2.03 bits per heavy atom. The minimum Gasteiger partial charge on any atom is -0.444 e. The van der Waals surface area contributed by atoms with Crippen LogP contribution in [0.1, 0.15) is 53.2 Å². The summed E-state index contributed by atoms with van der Waals surface area (Å²) in [5.41, 5.74) is 0.407. The van der Waals surface area contributed by atoms with Gasteiger partial charge in [0.15, 0.2) is 16.1 Å². The minimum absolute atomic E-state index is 0.00414. The molecule has 3 aliphatic rings. The molecule has 0 saturated carbocycles. The number of halogens is 2. The molecule has 1 amide bonds. The van der Waals surface area contributed by atoms with E-state index in [9.17, 15) is 4.79 Å². The predicted octanol–water partition coefficient (Wildman–Crippen LogP) is 5.08. The number of fused-ring (bicyclic) bond motifs is 5. The van der Waals surface area contributed by atoms with E-state index >= 15 is 4.39 Å². The average molecular weight is 494 g/mol. The van der Waals surface area contributed by atoms with Gasteiger partial charge < -0.3 is 9.64 Å². The molecule has 0 unspecified atom stereocenters. The molecule has 2 aromatic heterocycles. The van der Waals surface area contributed by atoms with E-state index < -0.39 is 11.4 Å². The summed E-state index contributed by atoms with van der Waals surface area (Å²) in [5, 5.41) is 1.03. The Labute approximate surface area is 202 Å². The van der Waals surface area contributed by atoms with Crippen LogP contribution in [0.25, 0.3) is 10.9 Å². The van der Waals surface area contributed by atoms with Crippen molar-refractivity contribution in [3.8, 4) is 0 Å². The van der Waals surface area contributed by atoms with Crippen LogP contribution in [0.5, 0.6) is 0 Å². The van der Waals surface area contributed by atoms with Gasteiger partial charge in [-0.25, -0.2) is 24.1 Å². The lowest BCUT2D eigenvalue weighted by atomic mass is 9.88. The molecule has 0 radical (unpaired) electrons. The highest BCUT2D eigenvalue weighted by Gasteiger charge is 2.52. The van der Waals surface area contributed by atoms with Crippen molar-refractivity contribution in [3.05, 3.63) is 16.7 Å². The van der Waals surface area contributed by atoms with Crippen LogP contribution in [0, 0.1) is 11.7 Å². The number of hydrogen-bond acceptors (Lipinski definition) is 7. The Balaban J connectivity index is 1.64. The van der Waals surface area contributed by atoms with Crippen molar-refractivity contribution in [1.29, 1.82) is 0 Å². The number of ether oxygens (including phenoxy) is 1. The number of pyridine rings is 1. The molecule has 178 valence electrons. The van der Waals surface area contributed by atoms with Gasteiger partial charge in [0.1, 0.15) is 16.9 Å². The molecule has 5 heterocycles. The van der Waals surface area contributed by atoms with Crippen molar-refractivity contribution >= 4 is 46.2 Å². The fourth-order valence-electron chi connectivity index (χ4n) is 5.65. The number of carbonyl (C=O) groups is 1. The fraction of sp³-hybridized carbons (Fsp3) is 0.652. The summed E-state index contributed by atoms with van der Waals surface area (Å²) in [5.74, 6) is 1.03. The van der Waals surface area contributed by atoms with Gasteiger partial charge in [0.25, 0.3) is 0 Å². The molecular weight excluding hydrogens is 465 g/mol. The Morgan fingerprint density at radius 1 is 1.27 bits per heavy atom. The second-order valence-electron chi connectivity index (χ2n) is 10.2. The number of aromatic nitrogens is 3. The number of amides is 1. The summed E-state index contributed by atoms with van der Waals surface area (Å²) in [7, 11) is 0. The zero-order valence-electron chi connectivity index (χ0n) is 19.6. The van der Waals surface area contributed by atoms with E-state index in [0.717, 1.165) is 24.3 Å². The molecule has 0 aromatic carbocycles. The molecule has 3 aliphatic heterocycles. The second-order valence-corrected chi connectivity index (χ2v) is 11.7. The Morgan fingerprint density at radius 3 is 2.73 bits per heavy atom. The topological polar surface area (TPSA) is 71.5 Å². The third-order valence-electron chi connectivity index (χ3n) is 6.74. The maximum atomic E-state index is 15.1. The zero-order valence-corrected chi connectivity index (χ0v) is 21.1. The SMILES string of the molecule is CCSc1nc2c3c(nc(Cl)c(F)c3n1)C[C@H](C)[C@@H]1[C@@H]3CC[C@H](CN21)N3C(=O)OC(C)(C)C. The van der Waals surface area contributed by atoms with Gasteiger partial charge in [0.2, 0.25) is 0 Å². The smallest absolute Gasteiger partial charge is 0.410 e. The maximum absolute atomic E-state index is 15.1. The lowest BCUT2D eigenvalue weighted by Gasteiger charge is -2.49. The van der Waals surface area contributed by atoms with Gasteiger partial charge in [0.05, 0.1) is 29.2 Å². The molecule has 0 N–H and O–H groups in total. The molecule has 0 spiro atoms. The highest BCUT2D eigenvalue weighted by atomic mass is 35.5. The molecule has 2 fully saturated rings. The van der Waals surface area contributed by atoms with Gasteiger partial charge in [-0.15, -0.1) is 0 Å². The van der Waals surface area contributed by atoms with E-state index in [0.29, 0.717) is 29.3 Å². The van der Waals surface area contributed by atoms with Crippen LogP contribution < -0.4 is 4.90 Å². The van der Waals surface area contributed by atoms with Crippen molar-refractivity contribution in [3.63, 3.8) is 0 Å². The summed E-state index contributed by atoms with van der Waals surface area (Å²) < 4.78 is 20.9.